The van der Waals surface area contributed by atoms with E-state index in [9.17, 15) is 9.59 Å². The van der Waals surface area contributed by atoms with Crippen LogP contribution in [0.1, 0.15) is 40.2 Å². The smallest absolute Gasteiger partial charge is 0.288 e. The van der Waals surface area contributed by atoms with Crippen molar-refractivity contribution in [2.75, 3.05) is 0 Å². The molecule has 2 heterocycles. The van der Waals surface area contributed by atoms with Gasteiger partial charge in [0.25, 0.3) is 5.91 Å². The number of carbonyl (C=O) groups excluding carboxylic acids is 1. The standard InChI is InChI=1S/C19H15NO3/c1-2-11-8-9-14-13(10-11)17(21)15-16(12-6-4-3-5-7-12)20-19(22)18(15)23-14/h3-10,16H,2H2,1H3,(H,20,22). The van der Waals surface area contributed by atoms with Crippen LogP contribution in [0.3, 0.4) is 0 Å². The quantitative estimate of drug-likeness (QED) is 0.791. The molecule has 0 bridgehead atoms. The molecule has 4 rings (SSSR count). The van der Waals surface area contributed by atoms with Crippen LogP contribution in [0, 0.1) is 0 Å². The molecular weight excluding hydrogens is 290 g/mol. The monoisotopic (exact) mass is 305 g/mol. The predicted molar refractivity (Wildman–Crippen MR) is 87.6 cm³/mol. The number of fused-ring (bicyclic) bond motifs is 2. The van der Waals surface area contributed by atoms with Gasteiger partial charge >= 0.3 is 0 Å². The predicted octanol–water partition coefficient (Wildman–Crippen LogP) is 3.19. The summed E-state index contributed by atoms with van der Waals surface area (Å²) in [5.41, 5.74) is 2.66. The third-order valence-corrected chi connectivity index (χ3v) is 4.30. The van der Waals surface area contributed by atoms with Crippen LogP contribution in [0.5, 0.6) is 0 Å². The highest BCUT2D eigenvalue weighted by atomic mass is 16.3. The number of rotatable bonds is 2. The van der Waals surface area contributed by atoms with E-state index < -0.39 is 6.04 Å². The summed E-state index contributed by atoms with van der Waals surface area (Å²) in [6, 6.07) is 14.5. The topological polar surface area (TPSA) is 59.3 Å². The number of aryl methyl sites for hydroxylation is 1. The molecule has 3 aromatic rings. The van der Waals surface area contributed by atoms with Crippen LogP contribution >= 0.6 is 0 Å². The van der Waals surface area contributed by atoms with Gasteiger partial charge in [-0.25, -0.2) is 0 Å². The Morgan fingerprint density at radius 3 is 2.61 bits per heavy atom. The number of carbonyl (C=O) groups is 1. The van der Waals surface area contributed by atoms with E-state index in [2.05, 4.69) is 5.32 Å². The van der Waals surface area contributed by atoms with Crippen molar-refractivity contribution >= 4 is 16.9 Å². The summed E-state index contributed by atoms with van der Waals surface area (Å²) in [4.78, 5) is 25.2. The molecule has 1 N–H and O–H groups in total. The second kappa shape index (κ2) is 5.09. The summed E-state index contributed by atoms with van der Waals surface area (Å²) in [7, 11) is 0. The highest BCUT2D eigenvalue weighted by Gasteiger charge is 2.35. The van der Waals surface area contributed by atoms with E-state index in [0.717, 1.165) is 17.5 Å². The van der Waals surface area contributed by atoms with Gasteiger partial charge in [-0.05, 0) is 29.7 Å². The molecule has 1 aliphatic heterocycles. The first kappa shape index (κ1) is 13.8. The Bertz CT molecular complexity index is 973. The van der Waals surface area contributed by atoms with Gasteiger partial charge in [0.1, 0.15) is 5.58 Å². The maximum absolute atomic E-state index is 13.0. The highest BCUT2D eigenvalue weighted by molar-refractivity contribution is 5.99. The lowest BCUT2D eigenvalue weighted by Crippen LogP contribution is -2.21. The third kappa shape index (κ3) is 2.06. The van der Waals surface area contributed by atoms with E-state index in [4.69, 9.17) is 4.42 Å². The summed E-state index contributed by atoms with van der Waals surface area (Å²) in [6.07, 6.45) is 0.839. The summed E-state index contributed by atoms with van der Waals surface area (Å²) < 4.78 is 5.74. The van der Waals surface area contributed by atoms with Gasteiger partial charge in [0.2, 0.25) is 5.76 Å². The van der Waals surface area contributed by atoms with Crippen molar-refractivity contribution in [3.63, 3.8) is 0 Å². The van der Waals surface area contributed by atoms with Crippen LogP contribution in [0.2, 0.25) is 0 Å². The van der Waals surface area contributed by atoms with Crippen molar-refractivity contribution in [3.8, 4) is 0 Å². The Hall–Kier alpha value is -2.88. The number of nitrogens with one attached hydrogen (secondary N) is 1. The van der Waals surface area contributed by atoms with Gasteiger partial charge in [0.15, 0.2) is 5.43 Å². The van der Waals surface area contributed by atoms with Crippen molar-refractivity contribution < 1.29 is 9.21 Å². The van der Waals surface area contributed by atoms with Crippen LogP contribution in [-0.2, 0) is 6.42 Å². The summed E-state index contributed by atoms with van der Waals surface area (Å²) in [5.74, 6) is -0.215. The van der Waals surface area contributed by atoms with Crippen LogP contribution in [0.4, 0.5) is 0 Å². The zero-order chi connectivity index (χ0) is 16.0. The Morgan fingerprint density at radius 1 is 1.09 bits per heavy atom. The number of hydrogen-bond acceptors (Lipinski definition) is 3. The average Bonchev–Trinajstić information content (AvgIpc) is 2.93. The summed E-state index contributed by atoms with van der Waals surface area (Å²) >= 11 is 0. The lowest BCUT2D eigenvalue weighted by atomic mass is 9.99. The molecule has 0 fully saturated rings. The molecule has 0 aliphatic carbocycles. The Kier molecular flexibility index (Phi) is 3.05. The van der Waals surface area contributed by atoms with E-state index >= 15 is 0 Å². The van der Waals surface area contributed by atoms with Crippen LogP contribution in [-0.4, -0.2) is 5.91 Å². The second-order valence-corrected chi connectivity index (χ2v) is 5.68. The lowest BCUT2D eigenvalue weighted by Gasteiger charge is -2.11. The van der Waals surface area contributed by atoms with Crippen molar-refractivity contribution in [3.05, 3.63) is 81.2 Å². The third-order valence-electron chi connectivity index (χ3n) is 4.30. The minimum atomic E-state index is -0.454. The first-order valence-corrected chi connectivity index (χ1v) is 7.64. The molecule has 1 aromatic heterocycles. The first-order chi connectivity index (χ1) is 11.2. The first-order valence-electron chi connectivity index (χ1n) is 7.64. The second-order valence-electron chi connectivity index (χ2n) is 5.68. The molecule has 2 aromatic carbocycles. The van der Waals surface area contributed by atoms with E-state index in [1.165, 1.54) is 0 Å². The highest BCUT2D eigenvalue weighted by Crippen LogP contribution is 2.30. The van der Waals surface area contributed by atoms with Gasteiger partial charge < -0.3 is 9.73 Å². The number of hydrogen-bond donors (Lipinski definition) is 1. The molecule has 4 nitrogen and oxygen atoms in total. The summed E-state index contributed by atoms with van der Waals surface area (Å²) in [6.45, 7) is 2.04. The molecule has 1 unspecified atom stereocenters. The van der Waals surface area contributed by atoms with Crippen molar-refractivity contribution in [2.24, 2.45) is 0 Å². The lowest BCUT2D eigenvalue weighted by molar-refractivity contribution is 0.0938. The van der Waals surface area contributed by atoms with Crippen molar-refractivity contribution in [1.29, 1.82) is 0 Å². The molecule has 1 aliphatic rings. The molecule has 23 heavy (non-hydrogen) atoms. The van der Waals surface area contributed by atoms with E-state index in [-0.39, 0.29) is 17.1 Å². The molecule has 1 amide bonds. The fourth-order valence-corrected chi connectivity index (χ4v) is 3.07. The largest absolute Gasteiger partial charge is 0.450 e. The Morgan fingerprint density at radius 2 is 1.87 bits per heavy atom. The molecule has 0 spiro atoms. The fourth-order valence-electron chi connectivity index (χ4n) is 3.07. The minimum Gasteiger partial charge on any atom is -0.450 e. The maximum atomic E-state index is 13.0. The molecule has 0 saturated heterocycles. The van der Waals surface area contributed by atoms with Gasteiger partial charge in [-0.2, -0.15) is 0 Å². The normalized spacial score (nSPS) is 16.4. The molecule has 4 heteroatoms. The summed E-state index contributed by atoms with van der Waals surface area (Å²) in [5, 5.41) is 3.38. The SMILES string of the molecule is CCc1ccc2oc3c(c(=O)c2c1)C(c1ccccc1)NC3=O. The van der Waals surface area contributed by atoms with Crippen LogP contribution in [0.15, 0.2) is 57.7 Å². The Balaban J connectivity index is 2.00. The van der Waals surface area contributed by atoms with Gasteiger partial charge in [0, 0.05) is 0 Å². The number of benzene rings is 2. The molecule has 114 valence electrons. The van der Waals surface area contributed by atoms with E-state index in [1.54, 1.807) is 6.07 Å². The molecule has 0 radical (unpaired) electrons. The van der Waals surface area contributed by atoms with Gasteiger partial charge in [-0.15, -0.1) is 0 Å². The molecular formula is C19H15NO3. The van der Waals surface area contributed by atoms with Crippen molar-refractivity contribution in [2.45, 2.75) is 19.4 Å². The number of amides is 1. The van der Waals surface area contributed by atoms with Gasteiger partial charge in [-0.1, -0.05) is 43.3 Å². The van der Waals surface area contributed by atoms with E-state index in [1.807, 2.05) is 49.4 Å². The fraction of sp³-hybridized carbons (Fsp3) is 0.158. The van der Waals surface area contributed by atoms with E-state index in [0.29, 0.717) is 16.5 Å². The average molecular weight is 305 g/mol. The van der Waals surface area contributed by atoms with Gasteiger partial charge in [-0.3, -0.25) is 9.59 Å². The van der Waals surface area contributed by atoms with Crippen LogP contribution < -0.4 is 10.7 Å². The Labute approximate surface area is 132 Å². The van der Waals surface area contributed by atoms with Crippen molar-refractivity contribution in [1.82, 2.24) is 5.32 Å². The molecule has 0 saturated carbocycles. The zero-order valence-corrected chi connectivity index (χ0v) is 12.6. The van der Waals surface area contributed by atoms with Crippen LogP contribution in [0.25, 0.3) is 11.0 Å². The minimum absolute atomic E-state index is 0.126. The van der Waals surface area contributed by atoms with Gasteiger partial charge in [0.05, 0.1) is 17.0 Å². The zero-order valence-electron chi connectivity index (χ0n) is 12.6. The molecule has 1 atom stereocenters. The maximum Gasteiger partial charge on any atom is 0.288 e.